The number of carbonyl (C=O) groups is 9. The molecule has 0 amide bonds. The summed E-state index contributed by atoms with van der Waals surface area (Å²) in [4.78, 5) is 136. The number of hydrogen-bond acceptors (Lipinski definition) is 30. The Balaban J connectivity index is 0.800. The average molecular weight is 1960 g/mol. The lowest BCUT2D eigenvalue weighted by Gasteiger charge is -2.48. The minimum Gasteiger partial charge on any atom is -0.459 e. The summed E-state index contributed by atoms with van der Waals surface area (Å²) in [6.07, 6.45) is -36.1. The highest BCUT2D eigenvalue weighted by Crippen LogP contribution is 2.40. The zero-order chi connectivity index (χ0) is 100. The first-order valence-corrected chi connectivity index (χ1v) is 47.1. The lowest BCUT2D eigenvalue weighted by Crippen LogP contribution is -2.66. The lowest BCUT2D eigenvalue weighted by molar-refractivity contribution is -0.350. The van der Waals surface area contributed by atoms with Gasteiger partial charge < -0.3 is 99.8 Å². The molecule has 0 radical (unpaired) electrons. The van der Waals surface area contributed by atoms with Gasteiger partial charge in [-0.25, -0.2) is 43.2 Å². The number of benzene rings is 13. The van der Waals surface area contributed by atoms with Crippen LogP contribution in [0, 0.1) is 0 Å². The maximum atomic E-state index is 15.5. The van der Waals surface area contributed by atoms with Crippen molar-refractivity contribution in [3.8, 4) is 0 Å². The number of aliphatic hydroxyl groups is 1. The molecule has 145 heavy (non-hydrogen) atoms. The van der Waals surface area contributed by atoms with E-state index in [-0.39, 0.29) is 76.5 Å². The maximum absolute atomic E-state index is 15.5. The molecule has 742 valence electrons. The largest absolute Gasteiger partial charge is 0.459 e. The van der Waals surface area contributed by atoms with E-state index in [1.807, 2.05) is 91.0 Å². The molecule has 1 N–H and O–H groups in total. The van der Waals surface area contributed by atoms with E-state index in [4.69, 9.17) is 94.7 Å². The Hall–Kier alpha value is -15.4. The van der Waals surface area contributed by atoms with Gasteiger partial charge in [-0.3, -0.25) is 0 Å². The zero-order valence-corrected chi connectivity index (χ0v) is 78.0. The quantitative estimate of drug-likeness (QED) is 0.0275. The smallest absolute Gasteiger partial charge is 0.338 e. The molecular weight excluding hydrogens is 1860 g/mol. The van der Waals surface area contributed by atoms with Crippen molar-refractivity contribution >= 4 is 53.7 Å². The third kappa shape index (κ3) is 26.9. The summed E-state index contributed by atoms with van der Waals surface area (Å²) in [5.41, 5.74) is 2.60. The van der Waals surface area contributed by atoms with Crippen molar-refractivity contribution in [1.82, 2.24) is 0 Å². The van der Waals surface area contributed by atoms with Gasteiger partial charge in [0, 0.05) is 0 Å². The highest BCUT2D eigenvalue weighted by Gasteiger charge is 2.60. The summed E-state index contributed by atoms with van der Waals surface area (Å²) in [5, 5.41) is 12.6. The van der Waals surface area contributed by atoms with Gasteiger partial charge >= 0.3 is 53.7 Å². The van der Waals surface area contributed by atoms with Gasteiger partial charge in [-0.1, -0.05) is 285 Å². The van der Waals surface area contributed by atoms with Crippen LogP contribution in [-0.4, -0.2) is 208 Å². The fourth-order valence-corrected chi connectivity index (χ4v) is 16.9. The van der Waals surface area contributed by atoms with E-state index in [1.165, 1.54) is 109 Å². The van der Waals surface area contributed by atoms with Crippen LogP contribution in [0.4, 0.5) is 0 Å². The van der Waals surface area contributed by atoms with Crippen LogP contribution in [0.5, 0.6) is 0 Å². The second-order valence-electron chi connectivity index (χ2n) is 34.1. The molecule has 4 aliphatic rings. The molecule has 30 heteroatoms. The van der Waals surface area contributed by atoms with Crippen LogP contribution in [0.2, 0.25) is 0 Å². The number of carbonyl (C=O) groups excluding carboxylic acids is 9. The van der Waals surface area contributed by atoms with Crippen molar-refractivity contribution in [2.75, 3.05) is 26.4 Å². The number of esters is 9. The highest BCUT2D eigenvalue weighted by atomic mass is 16.8. The molecule has 13 aromatic rings. The van der Waals surface area contributed by atoms with Gasteiger partial charge in [0.05, 0.1) is 96.3 Å². The first-order valence-electron chi connectivity index (χ1n) is 47.1. The maximum Gasteiger partial charge on any atom is 0.338 e. The monoisotopic (exact) mass is 1960 g/mol. The van der Waals surface area contributed by atoms with E-state index < -0.39 is 203 Å². The molecule has 4 heterocycles. The molecule has 13 aromatic carbocycles. The molecule has 4 aliphatic heterocycles. The van der Waals surface area contributed by atoms with Crippen LogP contribution in [0.25, 0.3) is 0 Å². The molecule has 0 unspecified atom stereocenters. The molecule has 4 saturated heterocycles. The zero-order valence-electron chi connectivity index (χ0n) is 78.0. The molecular formula is C115H102O30. The van der Waals surface area contributed by atoms with Gasteiger partial charge in [-0.05, 0) is 131 Å². The molecule has 0 aliphatic carbocycles. The van der Waals surface area contributed by atoms with Crippen LogP contribution in [0.15, 0.2) is 394 Å². The topological polar surface area (TPSA) is 358 Å². The molecule has 17 rings (SSSR count). The van der Waals surface area contributed by atoms with Gasteiger partial charge in [0.2, 0.25) is 0 Å². The second-order valence-corrected chi connectivity index (χ2v) is 34.1. The fourth-order valence-electron chi connectivity index (χ4n) is 16.9. The number of aliphatic hydroxyl groups excluding tert-OH is 1. The van der Waals surface area contributed by atoms with Crippen molar-refractivity contribution in [3.05, 3.63) is 467 Å². The molecule has 20 atom stereocenters. The Kier molecular flexibility index (Phi) is 35.2. The number of rotatable bonds is 40. The molecule has 30 nitrogen and oxygen atoms in total. The van der Waals surface area contributed by atoms with Crippen LogP contribution < -0.4 is 0 Å². The third-order valence-corrected chi connectivity index (χ3v) is 24.2. The van der Waals surface area contributed by atoms with E-state index in [0.29, 0.717) is 5.56 Å². The van der Waals surface area contributed by atoms with E-state index >= 15 is 33.6 Å². The van der Waals surface area contributed by atoms with Gasteiger partial charge in [-0.2, -0.15) is 0 Å². The van der Waals surface area contributed by atoms with Crippen LogP contribution in [-0.2, 0) is 121 Å². The van der Waals surface area contributed by atoms with E-state index in [1.54, 1.807) is 194 Å². The minimum atomic E-state index is -2.10. The van der Waals surface area contributed by atoms with E-state index in [9.17, 15) is 14.7 Å². The standard InChI is InChI=1S/C115H102O30/c116-103(78-48-22-5-23-49-78)130-70-88-93(139-105(118)80-52-26-7-27-53-80)97(142-108(121)83-58-32-10-33-59-83)101(144-110(123)85-62-36-12-37-63-85)115(136-88)133-73-89-92(138-104(117)79-50-24-6-25-51-79)96(141-107(120)82-56-30-9-31-57-82)100(129-69-77-46-20-4-21-47-77)113(135-89)131-72-90-94(140-106(119)81-54-28-8-29-55-81)98(143-109(122)84-60-34-11-35-61-84)102(145-111(124)86-64-38-13-39-65-86)114(137-90)132-71-87-91(126-66-74-40-14-1-15-41-74)95(127-67-75-42-16-2-17-43-75)99(112(125)134-87)128-68-76-44-18-3-19-45-76/h1-65,87-102,112-115,125H,66-73H2/t87-,88+,89+,90-,91+,92+,93+,94-,95-,96+,97+,98-,99-,100-,101-,102-,112+,113-,114+,115+/m1/s1. The van der Waals surface area contributed by atoms with Crippen molar-refractivity contribution in [2.24, 2.45) is 0 Å². The normalized spacial score (nSPS) is 23.8. The first kappa shape index (κ1) is 101. The molecule has 0 bridgehead atoms. The predicted molar refractivity (Wildman–Crippen MR) is 517 cm³/mol. The van der Waals surface area contributed by atoms with Gasteiger partial charge in [-0.15, -0.1) is 0 Å². The van der Waals surface area contributed by atoms with Crippen molar-refractivity contribution in [3.63, 3.8) is 0 Å². The van der Waals surface area contributed by atoms with Crippen LogP contribution in [0.1, 0.15) is 115 Å². The summed E-state index contributed by atoms with van der Waals surface area (Å²) < 4.78 is 136. The van der Waals surface area contributed by atoms with Crippen molar-refractivity contribution in [1.29, 1.82) is 0 Å². The lowest BCUT2D eigenvalue weighted by atomic mass is 9.96. The molecule has 4 fully saturated rings. The summed E-state index contributed by atoms with van der Waals surface area (Å²) >= 11 is 0. The van der Waals surface area contributed by atoms with Gasteiger partial charge in [0.25, 0.3) is 0 Å². The number of ether oxygens (including phenoxy) is 20. The molecule has 0 spiro atoms. The molecule has 0 saturated carbocycles. The third-order valence-electron chi connectivity index (χ3n) is 24.2. The van der Waals surface area contributed by atoms with Crippen LogP contribution >= 0.6 is 0 Å². The highest BCUT2D eigenvalue weighted by molar-refractivity contribution is 5.94. The Labute approximate surface area is 834 Å². The van der Waals surface area contributed by atoms with Crippen molar-refractivity contribution in [2.45, 2.75) is 149 Å². The van der Waals surface area contributed by atoms with E-state index in [2.05, 4.69) is 0 Å². The Morgan fingerprint density at radius 2 is 0.366 bits per heavy atom. The van der Waals surface area contributed by atoms with Crippen LogP contribution in [0.3, 0.4) is 0 Å². The first-order chi connectivity index (χ1) is 71.1. The summed E-state index contributed by atoms with van der Waals surface area (Å²) in [7, 11) is 0. The Morgan fingerprint density at radius 3 is 0.628 bits per heavy atom. The van der Waals surface area contributed by atoms with E-state index in [0.717, 1.165) is 16.7 Å². The Morgan fingerprint density at radius 1 is 0.179 bits per heavy atom. The second kappa shape index (κ2) is 50.5. The summed E-state index contributed by atoms with van der Waals surface area (Å²) in [6.45, 7) is -3.81. The Bertz CT molecular complexity index is 6330. The number of hydrogen-bond donors (Lipinski definition) is 1. The fraction of sp³-hybridized carbons (Fsp3) is 0.243. The summed E-state index contributed by atoms with van der Waals surface area (Å²) in [6, 6.07) is 106. The molecule has 0 aromatic heterocycles. The SMILES string of the molecule is O=C(OC[C@@H]1O[C@H](OC[C@@H]2O[C@@H](OC[C@H]3O[C@H](OC[C@H]4O[C@H](O)[C@H](OCc5ccccc5)[C@H](OCc5ccccc5)[C@H]4OCc4ccccc4)[C@H](OC(=O)c4ccccc4)[C@H](OC(=O)c4ccccc4)[C@@H]3OC(=O)c3ccccc3)[C@H](OCc3ccccc3)[C@@H](OC(=O)c3ccccc3)[C@H]2OC(=O)c2ccccc2)[C@H](OC(=O)c2ccccc2)[C@@H](OC(=O)c2ccccc2)[C@H]1OC(=O)c1ccccc1)c1ccccc1. The summed E-state index contributed by atoms with van der Waals surface area (Å²) in [5.74, 6) is -9.17. The van der Waals surface area contributed by atoms with Gasteiger partial charge in [0.15, 0.2) is 74.0 Å². The predicted octanol–water partition coefficient (Wildman–Crippen LogP) is 15.9. The van der Waals surface area contributed by atoms with Crippen molar-refractivity contribution < 1.29 is 143 Å². The average Bonchev–Trinajstić information content (AvgIpc) is 0.821. The minimum absolute atomic E-state index is 0.000889. The van der Waals surface area contributed by atoms with Gasteiger partial charge in [0.1, 0.15) is 55.4 Å².